The molecule has 1 heterocycles. The van der Waals surface area contributed by atoms with Gasteiger partial charge in [-0.25, -0.2) is 0 Å². The molecule has 0 fully saturated rings. The lowest BCUT2D eigenvalue weighted by Crippen LogP contribution is -2.06. The number of alkyl halides is 3. The summed E-state index contributed by atoms with van der Waals surface area (Å²) < 4.78 is 38.2. The van der Waals surface area contributed by atoms with Crippen LogP contribution in [0.25, 0.3) is 10.4 Å². The summed E-state index contributed by atoms with van der Waals surface area (Å²) in [5.41, 5.74) is 0.668. The molecule has 0 spiro atoms. The normalized spacial score (nSPS) is 11.8. The molecule has 0 unspecified atom stereocenters. The van der Waals surface area contributed by atoms with Crippen molar-refractivity contribution in [2.24, 2.45) is 0 Å². The summed E-state index contributed by atoms with van der Waals surface area (Å²) in [7, 11) is 0. The summed E-state index contributed by atoms with van der Waals surface area (Å²) in [4.78, 5) is 0.658. The Morgan fingerprint density at radius 1 is 1.12 bits per heavy atom. The first-order valence-electron chi connectivity index (χ1n) is 4.70. The molecule has 0 saturated heterocycles. The van der Waals surface area contributed by atoms with Gasteiger partial charge >= 0.3 is 6.18 Å². The van der Waals surface area contributed by atoms with Crippen LogP contribution in [0.5, 0.6) is 0 Å². The van der Waals surface area contributed by atoms with Crippen molar-refractivity contribution in [1.82, 2.24) is 0 Å². The summed E-state index contributed by atoms with van der Waals surface area (Å²) in [5.74, 6) is 0. The summed E-state index contributed by atoms with van der Waals surface area (Å²) in [6.45, 7) is 1.87. The first kappa shape index (κ1) is 11.2. The molecule has 1 aromatic carbocycles. The minimum Gasteiger partial charge on any atom is -0.166 e. The number of hydrogen-bond donors (Lipinski definition) is 0. The molecule has 0 radical (unpaired) electrons. The van der Waals surface area contributed by atoms with E-state index in [0.29, 0.717) is 4.88 Å². The zero-order chi connectivity index (χ0) is 11.8. The highest BCUT2D eigenvalue weighted by atomic mass is 32.1. The van der Waals surface area contributed by atoms with Gasteiger partial charge in [-0.2, -0.15) is 13.2 Å². The van der Waals surface area contributed by atoms with Crippen LogP contribution in [0.2, 0.25) is 0 Å². The third-order valence-electron chi connectivity index (χ3n) is 2.23. The maximum absolute atomic E-state index is 12.7. The summed E-state index contributed by atoms with van der Waals surface area (Å²) in [5, 5.41) is 1.85. The Hall–Kier alpha value is -1.29. The first-order chi connectivity index (χ1) is 7.48. The topological polar surface area (TPSA) is 0 Å². The molecule has 4 heteroatoms. The van der Waals surface area contributed by atoms with E-state index in [-0.39, 0.29) is 5.56 Å². The first-order valence-corrected chi connectivity index (χ1v) is 5.58. The molecule has 84 valence electrons. The van der Waals surface area contributed by atoms with Crippen LogP contribution >= 0.6 is 11.3 Å². The van der Waals surface area contributed by atoms with Gasteiger partial charge in [-0.1, -0.05) is 18.2 Å². The summed E-state index contributed by atoms with van der Waals surface area (Å²) >= 11 is 1.33. The number of aryl methyl sites for hydroxylation is 1. The molecule has 0 bridgehead atoms. The van der Waals surface area contributed by atoms with Crippen molar-refractivity contribution in [3.63, 3.8) is 0 Å². The van der Waals surface area contributed by atoms with Gasteiger partial charge in [0.15, 0.2) is 0 Å². The van der Waals surface area contributed by atoms with E-state index in [9.17, 15) is 13.2 Å². The minimum atomic E-state index is -4.30. The van der Waals surface area contributed by atoms with Crippen LogP contribution in [0.1, 0.15) is 11.1 Å². The second kappa shape index (κ2) is 3.94. The predicted molar refractivity (Wildman–Crippen MR) is 59.5 cm³/mol. The Balaban J connectivity index is 2.57. The molecule has 0 atom stereocenters. The van der Waals surface area contributed by atoms with Crippen LogP contribution in [-0.4, -0.2) is 0 Å². The van der Waals surface area contributed by atoms with Crippen molar-refractivity contribution in [1.29, 1.82) is 0 Å². The average molecular weight is 242 g/mol. The molecule has 1 aromatic heterocycles. The zero-order valence-corrected chi connectivity index (χ0v) is 9.32. The maximum Gasteiger partial charge on any atom is 0.417 e. The van der Waals surface area contributed by atoms with Crippen LogP contribution < -0.4 is 0 Å². The van der Waals surface area contributed by atoms with Crippen molar-refractivity contribution in [2.75, 3.05) is 0 Å². The maximum atomic E-state index is 12.7. The largest absolute Gasteiger partial charge is 0.417 e. The predicted octanol–water partition coefficient (Wildman–Crippen LogP) is 4.74. The molecule has 16 heavy (non-hydrogen) atoms. The highest BCUT2D eigenvalue weighted by Crippen LogP contribution is 2.38. The van der Waals surface area contributed by atoms with Crippen molar-refractivity contribution in [3.05, 3.63) is 46.8 Å². The number of rotatable bonds is 1. The highest BCUT2D eigenvalue weighted by molar-refractivity contribution is 7.13. The molecule has 2 rings (SSSR count). The quantitative estimate of drug-likeness (QED) is 0.677. The Morgan fingerprint density at radius 2 is 1.81 bits per heavy atom. The van der Waals surface area contributed by atoms with Gasteiger partial charge in [0.2, 0.25) is 0 Å². The fourth-order valence-electron chi connectivity index (χ4n) is 1.52. The van der Waals surface area contributed by atoms with Crippen LogP contribution in [0.15, 0.2) is 35.7 Å². The van der Waals surface area contributed by atoms with Crippen LogP contribution in [-0.2, 0) is 6.18 Å². The molecule has 0 aliphatic carbocycles. The number of benzene rings is 1. The Morgan fingerprint density at radius 3 is 2.38 bits per heavy atom. The third kappa shape index (κ3) is 2.11. The molecular weight excluding hydrogens is 233 g/mol. The molecule has 0 amide bonds. The van der Waals surface area contributed by atoms with Crippen LogP contribution in [0, 0.1) is 6.92 Å². The van der Waals surface area contributed by atoms with E-state index in [1.165, 1.54) is 23.5 Å². The zero-order valence-electron chi connectivity index (χ0n) is 8.51. The van der Waals surface area contributed by atoms with E-state index < -0.39 is 11.7 Å². The fourth-order valence-corrected chi connectivity index (χ4v) is 2.46. The van der Waals surface area contributed by atoms with Crippen molar-refractivity contribution < 1.29 is 13.2 Å². The molecule has 0 aliphatic heterocycles. The van der Waals surface area contributed by atoms with E-state index in [0.717, 1.165) is 11.6 Å². The van der Waals surface area contributed by atoms with Gasteiger partial charge in [-0.15, -0.1) is 11.3 Å². The number of thiophene rings is 1. The lowest BCUT2D eigenvalue weighted by molar-refractivity contribution is -0.137. The standard InChI is InChI=1S/C12H9F3S/c1-8-6-11(16-7-8)9-4-2-3-5-10(9)12(13,14)15/h2-7H,1H3. The Labute approximate surface area is 95.4 Å². The monoisotopic (exact) mass is 242 g/mol. The minimum absolute atomic E-state index is 0.258. The van der Waals surface area contributed by atoms with Gasteiger partial charge in [-0.05, 0) is 30.0 Å². The van der Waals surface area contributed by atoms with E-state index in [4.69, 9.17) is 0 Å². The van der Waals surface area contributed by atoms with E-state index in [1.54, 1.807) is 12.1 Å². The van der Waals surface area contributed by atoms with E-state index in [1.807, 2.05) is 12.3 Å². The van der Waals surface area contributed by atoms with E-state index >= 15 is 0 Å². The number of halogens is 3. The molecule has 0 aliphatic rings. The van der Waals surface area contributed by atoms with Crippen molar-refractivity contribution in [3.8, 4) is 10.4 Å². The van der Waals surface area contributed by atoms with Gasteiger partial charge in [0.1, 0.15) is 0 Å². The van der Waals surface area contributed by atoms with Gasteiger partial charge in [0, 0.05) is 10.4 Å². The summed E-state index contributed by atoms with van der Waals surface area (Å²) in [6.07, 6.45) is -4.30. The molecule has 0 nitrogen and oxygen atoms in total. The lowest BCUT2D eigenvalue weighted by atomic mass is 10.1. The van der Waals surface area contributed by atoms with Crippen LogP contribution in [0.4, 0.5) is 13.2 Å². The molecule has 0 N–H and O–H groups in total. The molecule has 2 aromatic rings. The second-order valence-electron chi connectivity index (χ2n) is 3.53. The van der Waals surface area contributed by atoms with Gasteiger partial charge < -0.3 is 0 Å². The highest BCUT2D eigenvalue weighted by Gasteiger charge is 2.33. The molecule has 0 saturated carbocycles. The van der Waals surface area contributed by atoms with Crippen molar-refractivity contribution >= 4 is 11.3 Å². The summed E-state index contributed by atoms with van der Waals surface area (Å²) in [6, 6.07) is 7.43. The molecular formula is C12H9F3S. The van der Waals surface area contributed by atoms with Crippen molar-refractivity contribution in [2.45, 2.75) is 13.1 Å². The smallest absolute Gasteiger partial charge is 0.166 e. The van der Waals surface area contributed by atoms with Crippen LogP contribution in [0.3, 0.4) is 0 Å². The SMILES string of the molecule is Cc1csc(-c2ccccc2C(F)(F)F)c1. The van der Waals surface area contributed by atoms with Gasteiger partial charge in [-0.3, -0.25) is 0 Å². The van der Waals surface area contributed by atoms with Gasteiger partial charge in [0.25, 0.3) is 0 Å². The Bertz CT molecular complexity index is 497. The van der Waals surface area contributed by atoms with Gasteiger partial charge in [0.05, 0.1) is 5.56 Å². The Kier molecular flexibility index (Phi) is 2.76. The third-order valence-corrected chi connectivity index (χ3v) is 3.31. The number of hydrogen-bond acceptors (Lipinski definition) is 1. The lowest BCUT2D eigenvalue weighted by Gasteiger charge is -2.10. The van der Waals surface area contributed by atoms with E-state index in [2.05, 4.69) is 0 Å². The average Bonchev–Trinajstić information content (AvgIpc) is 2.64. The fraction of sp³-hybridized carbons (Fsp3) is 0.167. The second-order valence-corrected chi connectivity index (χ2v) is 4.44.